The predicted molar refractivity (Wildman–Crippen MR) is 114 cm³/mol. The van der Waals surface area contributed by atoms with Crippen molar-refractivity contribution in [2.45, 2.75) is 46.8 Å². The van der Waals surface area contributed by atoms with E-state index in [9.17, 15) is 9.59 Å². The summed E-state index contributed by atoms with van der Waals surface area (Å²) in [6.07, 6.45) is 0. The molecule has 0 atom stereocenters. The van der Waals surface area contributed by atoms with Crippen molar-refractivity contribution in [2.75, 3.05) is 0 Å². The van der Waals surface area contributed by atoms with Gasteiger partial charge in [0.2, 0.25) is 0 Å². The average molecular weight is 405 g/mol. The molecule has 4 rings (SSSR count). The molecule has 0 amide bonds. The number of fused-ring (bicyclic) bond motifs is 2. The van der Waals surface area contributed by atoms with Crippen LogP contribution >= 0.6 is 0 Å². The molecule has 0 unspecified atom stereocenters. The van der Waals surface area contributed by atoms with Crippen LogP contribution in [0.5, 0.6) is 0 Å². The van der Waals surface area contributed by atoms with Crippen LogP contribution in [0.4, 0.5) is 0 Å². The van der Waals surface area contributed by atoms with Crippen molar-refractivity contribution in [2.24, 2.45) is 0 Å². The van der Waals surface area contributed by atoms with Crippen LogP contribution in [-0.4, -0.2) is 21.0 Å². The van der Waals surface area contributed by atoms with E-state index >= 15 is 0 Å². The molecule has 0 N–H and O–H groups in total. The maximum atomic E-state index is 12.6. The van der Waals surface area contributed by atoms with E-state index in [0.29, 0.717) is 34.7 Å². The molecule has 0 aliphatic rings. The van der Waals surface area contributed by atoms with Crippen LogP contribution in [0.25, 0.3) is 22.0 Å². The molecule has 0 aliphatic heterocycles. The van der Waals surface area contributed by atoms with Crippen LogP contribution in [0.1, 0.15) is 53.7 Å². The second kappa shape index (κ2) is 7.74. The Balaban J connectivity index is 1.63. The van der Waals surface area contributed by atoms with Gasteiger partial charge in [-0.1, -0.05) is 19.1 Å². The Labute approximate surface area is 173 Å². The van der Waals surface area contributed by atoms with E-state index in [1.54, 1.807) is 22.9 Å². The molecule has 0 radical (unpaired) electrons. The minimum absolute atomic E-state index is 0.0266. The summed E-state index contributed by atoms with van der Waals surface area (Å²) in [5.41, 5.74) is 4.74. The smallest absolute Gasteiger partial charge is 0.338 e. The number of carbonyl (C=O) groups is 1. The third-order valence-corrected chi connectivity index (χ3v) is 5.25. The Morgan fingerprint density at radius 1 is 1.20 bits per heavy atom. The lowest BCUT2D eigenvalue weighted by molar-refractivity contribution is 0.0474. The monoisotopic (exact) mass is 405 g/mol. The fourth-order valence-electron chi connectivity index (χ4n) is 3.69. The van der Waals surface area contributed by atoms with Gasteiger partial charge in [-0.05, 0) is 61.2 Å². The van der Waals surface area contributed by atoms with Gasteiger partial charge in [0.15, 0.2) is 0 Å². The molecule has 4 aromatic rings. The number of hydrogen-bond donors (Lipinski definition) is 0. The molecule has 2 aromatic heterocycles. The van der Waals surface area contributed by atoms with Crippen LogP contribution in [0.15, 0.2) is 45.6 Å². The van der Waals surface area contributed by atoms with Crippen LogP contribution in [0, 0.1) is 6.92 Å². The maximum absolute atomic E-state index is 12.6. The Morgan fingerprint density at radius 3 is 2.73 bits per heavy atom. The summed E-state index contributed by atoms with van der Waals surface area (Å²) in [6.45, 7) is 8.86. The minimum Gasteiger partial charge on any atom is -0.457 e. The summed E-state index contributed by atoms with van der Waals surface area (Å²) in [7, 11) is 0. The lowest BCUT2D eigenvalue weighted by atomic mass is 9.95. The number of nitrogens with zero attached hydrogens (tertiary/aromatic N) is 3. The molecule has 2 heterocycles. The van der Waals surface area contributed by atoms with Crippen molar-refractivity contribution in [3.8, 4) is 0 Å². The first kappa shape index (κ1) is 19.8. The Bertz CT molecular complexity index is 1320. The first-order valence-electron chi connectivity index (χ1n) is 9.95. The predicted octanol–water partition coefficient (Wildman–Crippen LogP) is 4.35. The fraction of sp³-hybridized carbons (Fsp3) is 0.304. The molecule has 2 aromatic carbocycles. The van der Waals surface area contributed by atoms with Gasteiger partial charge in [-0.25, -0.2) is 14.3 Å². The highest BCUT2D eigenvalue weighted by molar-refractivity contribution is 5.93. The Kier molecular flexibility index (Phi) is 5.11. The lowest BCUT2D eigenvalue weighted by Gasteiger charge is -2.13. The summed E-state index contributed by atoms with van der Waals surface area (Å²) in [5, 5.41) is 8.92. The molecule has 0 fully saturated rings. The SMILES string of the molecule is CCn1nnc2cc(C(=O)OCc3cc(=O)oc4cc(C)c(C(C)C)cc34)ccc21. The Morgan fingerprint density at radius 2 is 2.00 bits per heavy atom. The minimum atomic E-state index is -0.486. The van der Waals surface area contributed by atoms with Crippen molar-refractivity contribution in [1.82, 2.24) is 15.0 Å². The van der Waals surface area contributed by atoms with Crippen molar-refractivity contribution >= 4 is 28.0 Å². The molecule has 7 nitrogen and oxygen atoms in total. The first-order valence-corrected chi connectivity index (χ1v) is 9.95. The second-order valence-corrected chi connectivity index (χ2v) is 7.64. The topological polar surface area (TPSA) is 87.2 Å². The average Bonchev–Trinajstić information content (AvgIpc) is 3.13. The van der Waals surface area contributed by atoms with Gasteiger partial charge in [0.05, 0.1) is 11.1 Å². The van der Waals surface area contributed by atoms with Crippen molar-refractivity contribution in [3.05, 3.63) is 69.1 Å². The number of esters is 1. The zero-order valence-corrected chi connectivity index (χ0v) is 17.4. The first-order chi connectivity index (χ1) is 14.4. The van der Waals surface area contributed by atoms with Crippen LogP contribution in [0.3, 0.4) is 0 Å². The molecule has 0 saturated heterocycles. The summed E-state index contributed by atoms with van der Waals surface area (Å²) in [6, 6.07) is 10.4. The number of benzene rings is 2. The number of hydrogen-bond acceptors (Lipinski definition) is 6. The highest BCUT2D eigenvalue weighted by Crippen LogP contribution is 2.27. The van der Waals surface area contributed by atoms with Crippen LogP contribution < -0.4 is 5.63 Å². The molecule has 0 saturated carbocycles. The highest BCUT2D eigenvalue weighted by atomic mass is 16.5. The van der Waals surface area contributed by atoms with E-state index < -0.39 is 11.6 Å². The van der Waals surface area contributed by atoms with E-state index in [1.807, 2.05) is 26.0 Å². The summed E-state index contributed by atoms with van der Waals surface area (Å²) in [4.78, 5) is 24.6. The Hall–Kier alpha value is -3.48. The van der Waals surface area contributed by atoms with Gasteiger partial charge in [0.25, 0.3) is 0 Å². The number of ether oxygens (including phenoxy) is 1. The van der Waals surface area contributed by atoms with Gasteiger partial charge in [-0.3, -0.25) is 0 Å². The summed E-state index contributed by atoms with van der Waals surface area (Å²) in [5.74, 6) is -0.166. The van der Waals surface area contributed by atoms with Gasteiger partial charge in [0, 0.05) is 23.6 Å². The van der Waals surface area contributed by atoms with Gasteiger partial charge in [0.1, 0.15) is 17.7 Å². The van der Waals surface area contributed by atoms with E-state index in [0.717, 1.165) is 22.0 Å². The number of aromatic nitrogens is 3. The third-order valence-electron chi connectivity index (χ3n) is 5.25. The number of aryl methyl sites for hydroxylation is 2. The van der Waals surface area contributed by atoms with E-state index in [-0.39, 0.29) is 6.61 Å². The second-order valence-electron chi connectivity index (χ2n) is 7.64. The van der Waals surface area contributed by atoms with Crippen LogP contribution in [-0.2, 0) is 17.9 Å². The zero-order valence-electron chi connectivity index (χ0n) is 17.4. The standard InChI is InChI=1S/C23H23N3O4/c1-5-26-20-7-6-15(9-19(20)24-25-26)23(28)29-12-16-10-22(27)30-21-8-14(4)17(13(2)3)11-18(16)21/h6-11,13H,5,12H2,1-4H3. The van der Waals surface area contributed by atoms with E-state index in [4.69, 9.17) is 9.15 Å². The zero-order chi connectivity index (χ0) is 21.4. The number of carbonyl (C=O) groups excluding carboxylic acids is 1. The van der Waals surface area contributed by atoms with Crippen molar-refractivity contribution in [3.63, 3.8) is 0 Å². The molecule has 154 valence electrons. The molecular weight excluding hydrogens is 382 g/mol. The van der Waals surface area contributed by atoms with Crippen LogP contribution in [0.2, 0.25) is 0 Å². The molecule has 0 bridgehead atoms. The highest BCUT2D eigenvalue weighted by Gasteiger charge is 2.15. The van der Waals surface area contributed by atoms with Gasteiger partial charge >= 0.3 is 11.6 Å². The van der Waals surface area contributed by atoms with Gasteiger partial charge in [-0.2, -0.15) is 0 Å². The normalized spacial score (nSPS) is 11.5. The summed E-state index contributed by atoms with van der Waals surface area (Å²) >= 11 is 0. The molecule has 30 heavy (non-hydrogen) atoms. The van der Waals surface area contributed by atoms with Gasteiger partial charge < -0.3 is 9.15 Å². The van der Waals surface area contributed by atoms with E-state index in [1.165, 1.54) is 6.07 Å². The molecule has 0 aliphatic carbocycles. The quantitative estimate of drug-likeness (QED) is 0.362. The third kappa shape index (κ3) is 3.58. The van der Waals surface area contributed by atoms with Crippen molar-refractivity contribution in [1.29, 1.82) is 0 Å². The lowest BCUT2D eigenvalue weighted by Crippen LogP contribution is -2.08. The molecular formula is C23H23N3O4. The summed E-state index contributed by atoms with van der Waals surface area (Å²) < 4.78 is 12.6. The maximum Gasteiger partial charge on any atom is 0.338 e. The number of rotatable bonds is 5. The fourth-order valence-corrected chi connectivity index (χ4v) is 3.69. The van der Waals surface area contributed by atoms with Crippen molar-refractivity contribution < 1.29 is 13.9 Å². The molecule has 7 heteroatoms. The molecule has 0 spiro atoms. The largest absolute Gasteiger partial charge is 0.457 e. The van der Waals surface area contributed by atoms with E-state index in [2.05, 4.69) is 24.2 Å². The van der Waals surface area contributed by atoms with Gasteiger partial charge in [-0.15, -0.1) is 5.10 Å².